The number of allylic oxidation sites excluding steroid dienone is 1. The van der Waals surface area contributed by atoms with Crippen LogP contribution in [0.5, 0.6) is 0 Å². The molecule has 1 rings (SSSR count). The molecule has 0 amide bonds. The summed E-state index contributed by atoms with van der Waals surface area (Å²) < 4.78 is 0. The summed E-state index contributed by atoms with van der Waals surface area (Å²) >= 11 is 0. The number of hydrogen-bond acceptors (Lipinski definition) is 2. The van der Waals surface area contributed by atoms with E-state index in [2.05, 4.69) is 0 Å². The Labute approximate surface area is 95.9 Å². The lowest BCUT2D eigenvalue weighted by Crippen LogP contribution is -2.02. The number of nitrogens with zero attached hydrogens (tertiary/aromatic N) is 1. The Hall–Kier alpha value is -1.64. The Morgan fingerprint density at radius 1 is 1.50 bits per heavy atom. The standard InChI is InChI=1S/C13H17NO2/c1-10(2)7-13(14(15)16)9-12-6-4-5-11(3)8-12/h4-6,8-10H,7H2,1-3H3. The summed E-state index contributed by atoms with van der Waals surface area (Å²) in [7, 11) is 0. The first-order valence-electron chi connectivity index (χ1n) is 5.40. The van der Waals surface area contributed by atoms with Crippen LogP contribution in [0.4, 0.5) is 0 Å². The van der Waals surface area contributed by atoms with Crippen molar-refractivity contribution < 1.29 is 4.92 Å². The van der Waals surface area contributed by atoms with E-state index in [-0.39, 0.29) is 10.6 Å². The Morgan fingerprint density at radius 3 is 2.69 bits per heavy atom. The third kappa shape index (κ3) is 3.85. The third-order valence-corrected chi connectivity index (χ3v) is 2.23. The van der Waals surface area contributed by atoms with Gasteiger partial charge in [-0.1, -0.05) is 43.7 Å². The van der Waals surface area contributed by atoms with Crippen LogP contribution >= 0.6 is 0 Å². The van der Waals surface area contributed by atoms with Gasteiger partial charge in [-0.3, -0.25) is 10.1 Å². The highest BCUT2D eigenvalue weighted by atomic mass is 16.6. The van der Waals surface area contributed by atoms with E-state index in [1.54, 1.807) is 6.08 Å². The molecule has 0 heterocycles. The molecule has 0 aliphatic heterocycles. The highest BCUT2D eigenvalue weighted by Crippen LogP contribution is 2.16. The van der Waals surface area contributed by atoms with Gasteiger partial charge in [-0.15, -0.1) is 0 Å². The van der Waals surface area contributed by atoms with Gasteiger partial charge in [0.05, 0.1) is 4.92 Å². The summed E-state index contributed by atoms with van der Waals surface area (Å²) in [5.41, 5.74) is 2.29. The quantitative estimate of drug-likeness (QED) is 0.573. The third-order valence-electron chi connectivity index (χ3n) is 2.23. The van der Waals surface area contributed by atoms with E-state index in [9.17, 15) is 10.1 Å². The van der Waals surface area contributed by atoms with Crippen LogP contribution in [0.3, 0.4) is 0 Å². The monoisotopic (exact) mass is 219 g/mol. The second kappa shape index (κ2) is 5.45. The van der Waals surface area contributed by atoms with Crippen molar-refractivity contribution >= 4 is 6.08 Å². The SMILES string of the molecule is Cc1cccc(C=C(CC(C)C)[N+](=O)[O-])c1. The van der Waals surface area contributed by atoms with Crippen LogP contribution in [-0.4, -0.2) is 4.92 Å². The van der Waals surface area contributed by atoms with E-state index < -0.39 is 0 Å². The summed E-state index contributed by atoms with van der Waals surface area (Å²) in [6.07, 6.45) is 2.16. The number of hydrogen-bond donors (Lipinski definition) is 0. The van der Waals surface area contributed by atoms with Crippen molar-refractivity contribution in [3.8, 4) is 0 Å². The fourth-order valence-electron chi connectivity index (χ4n) is 1.56. The number of benzene rings is 1. The fourth-order valence-corrected chi connectivity index (χ4v) is 1.56. The van der Waals surface area contributed by atoms with Crippen LogP contribution in [0.25, 0.3) is 6.08 Å². The van der Waals surface area contributed by atoms with Crippen molar-refractivity contribution in [2.75, 3.05) is 0 Å². The van der Waals surface area contributed by atoms with Gasteiger partial charge in [0.1, 0.15) is 0 Å². The lowest BCUT2D eigenvalue weighted by Gasteiger charge is -2.02. The van der Waals surface area contributed by atoms with Crippen LogP contribution in [-0.2, 0) is 0 Å². The van der Waals surface area contributed by atoms with E-state index in [4.69, 9.17) is 0 Å². The molecule has 0 unspecified atom stereocenters. The minimum absolute atomic E-state index is 0.278. The zero-order chi connectivity index (χ0) is 12.1. The molecule has 0 aromatic heterocycles. The van der Waals surface area contributed by atoms with Crippen molar-refractivity contribution in [1.29, 1.82) is 0 Å². The maximum absolute atomic E-state index is 10.9. The predicted octanol–water partition coefficient (Wildman–Crippen LogP) is 3.66. The van der Waals surface area contributed by atoms with Gasteiger partial charge in [-0.2, -0.15) is 0 Å². The van der Waals surface area contributed by atoms with E-state index in [1.165, 1.54) is 0 Å². The van der Waals surface area contributed by atoms with Gasteiger partial charge in [0.15, 0.2) is 0 Å². The van der Waals surface area contributed by atoms with Crippen LogP contribution in [0, 0.1) is 23.0 Å². The van der Waals surface area contributed by atoms with Gasteiger partial charge in [-0.05, 0) is 18.4 Å². The Balaban J connectivity index is 2.97. The first kappa shape index (κ1) is 12.4. The molecule has 1 aromatic rings. The van der Waals surface area contributed by atoms with Gasteiger partial charge >= 0.3 is 0 Å². The molecule has 0 saturated carbocycles. The van der Waals surface area contributed by atoms with Crippen molar-refractivity contribution in [2.45, 2.75) is 27.2 Å². The van der Waals surface area contributed by atoms with E-state index in [1.807, 2.05) is 45.0 Å². The lowest BCUT2D eigenvalue weighted by atomic mass is 10.1. The molecular weight excluding hydrogens is 202 g/mol. The molecule has 86 valence electrons. The maximum Gasteiger partial charge on any atom is 0.247 e. The fraction of sp³-hybridized carbons (Fsp3) is 0.385. The molecular formula is C13H17NO2. The summed E-state index contributed by atoms with van der Waals surface area (Å²) in [6, 6.07) is 7.72. The van der Waals surface area contributed by atoms with Gasteiger partial charge in [-0.25, -0.2) is 0 Å². The molecule has 3 heteroatoms. The van der Waals surface area contributed by atoms with E-state index in [0.29, 0.717) is 12.3 Å². The summed E-state index contributed by atoms with van der Waals surface area (Å²) in [4.78, 5) is 10.6. The number of aryl methyl sites for hydroxylation is 1. The van der Waals surface area contributed by atoms with Gasteiger partial charge < -0.3 is 0 Å². The predicted molar refractivity (Wildman–Crippen MR) is 65.6 cm³/mol. The van der Waals surface area contributed by atoms with Crippen LogP contribution in [0.15, 0.2) is 30.0 Å². The minimum atomic E-state index is -0.289. The Morgan fingerprint density at radius 2 is 2.19 bits per heavy atom. The van der Waals surface area contributed by atoms with Crippen molar-refractivity contribution in [1.82, 2.24) is 0 Å². The molecule has 0 fully saturated rings. The second-order valence-corrected chi connectivity index (χ2v) is 4.40. The highest BCUT2D eigenvalue weighted by Gasteiger charge is 2.12. The molecule has 0 aliphatic rings. The molecule has 0 atom stereocenters. The van der Waals surface area contributed by atoms with Crippen molar-refractivity contribution in [3.63, 3.8) is 0 Å². The molecule has 1 aromatic carbocycles. The highest BCUT2D eigenvalue weighted by molar-refractivity contribution is 5.51. The average Bonchev–Trinajstić information content (AvgIpc) is 2.15. The van der Waals surface area contributed by atoms with Crippen molar-refractivity contribution in [2.24, 2.45) is 5.92 Å². The Kier molecular flexibility index (Phi) is 4.23. The molecule has 0 saturated heterocycles. The van der Waals surface area contributed by atoms with Crippen molar-refractivity contribution in [3.05, 3.63) is 51.2 Å². The average molecular weight is 219 g/mol. The van der Waals surface area contributed by atoms with Crippen LogP contribution in [0.2, 0.25) is 0 Å². The minimum Gasteiger partial charge on any atom is -0.259 e. The zero-order valence-corrected chi connectivity index (χ0v) is 9.93. The number of rotatable bonds is 4. The Bertz CT molecular complexity index is 408. The van der Waals surface area contributed by atoms with E-state index in [0.717, 1.165) is 11.1 Å². The van der Waals surface area contributed by atoms with E-state index >= 15 is 0 Å². The first-order valence-corrected chi connectivity index (χ1v) is 5.40. The lowest BCUT2D eigenvalue weighted by molar-refractivity contribution is -0.427. The molecule has 0 radical (unpaired) electrons. The molecule has 3 nitrogen and oxygen atoms in total. The topological polar surface area (TPSA) is 43.1 Å². The molecule has 0 N–H and O–H groups in total. The van der Waals surface area contributed by atoms with Crippen LogP contribution in [0.1, 0.15) is 31.4 Å². The largest absolute Gasteiger partial charge is 0.259 e. The smallest absolute Gasteiger partial charge is 0.247 e. The summed E-state index contributed by atoms with van der Waals surface area (Å²) in [6.45, 7) is 5.94. The molecule has 16 heavy (non-hydrogen) atoms. The first-order chi connectivity index (χ1) is 7.49. The zero-order valence-electron chi connectivity index (χ0n) is 9.93. The maximum atomic E-state index is 10.9. The molecule has 0 aliphatic carbocycles. The number of nitro groups is 1. The molecule has 0 spiro atoms. The normalized spacial score (nSPS) is 11.9. The van der Waals surface area contributed by atoms with Gasteiger partial charge in [0, 0.05) is 12.5 Å². The van der Waals surface area contributed by atoms with Gasteiger partial charge in [0.2, 0.25) is 5.70 Å². The summed E-state index contributed by atoms with van der Waals surface area (Å²) in [5, 5.41) is 10.9. The van der Waals surface area contributed by atoms with Gasteiger partial charge in [0.25, 0.3) is 0 Å². The molecule has 0 bridgehead atoms. The second-order valence-electron chi connectivity index (χ2n) is 4.40. The van der Waals surface area contributed by atoms with Crippen LogP contribution < -0.4 is 0 Å². The summed E-state index contributed by atoms with van der Waals surface area (Å²) in [5.74, 6) is 0.293.